The van der Waals surface area contributed by atoms with E-state index in [0.29, 0.717) is 24.6 Å². The fourth-order valence-electron chi connectivity index (χ4n) is 6.93. The third kappa shape index (κ3) is 7.72. The van der Waals surface area contributed by atoms with E-state index in [1.54, 1.807) is 13.3 Å². The zero-order chi connectivity index (χ0) is 34.0. The molecule has 13 nitrogen and oxygen atoms in total. The minimum atomic E-state index is -0.578. The number of piperazine rings is 1. The summed E-state index contributed by atoms with van der Waals surface area (Å²) in [5.41, 5.74) is 2.75. The molecule has 4 atom stereocenters. The summed E-state index contributed by atoms with van der Waals surface area (Å²) in [6, 6.07) is 12.0. The molecule has 0 aliphatic carbocycles. The summed E-state index contributed by atoms with van der Waals surface area (Å²) in [5.74, 6) is 1.54. The van der Waals surface area contributed by atoms with Crippen molar-refractivity contribution in [2.24, 2.45) is 0 Å². The Morgan fingerprint density at radius 2 is 1.85 bits per heavy atom. The number of hydrogen-bond donors (Lipinski definition) is 1. The molecule has 48 heavy (non-hydrogen) atoms. The van der Waals surface area contributed by atoms with E-state index in [4.69, 9.17) is 24.2 Å². The number of anilines is 3. The van der Waals surface area contributed by atoms with Crippen molar-refractivity contribution in [3.63, 3.8) is 0 Å². The van der Waals surface area contributed by atoms with Crippen LogP contribution >= 0.6 is 0 Å². The number of morpholine rings is 1. The van der Waals surface area contributed by atoms with Gasteiger partial charge in [0, 0.05) is 95.0 Å². The van der Waals surface area contributed by atoms with E-state index in [-0.39, 0.29) is 24.4 Å². The van der Waals surface area contributed by atoms with Gasteiger partial charge in [-0.1, -0.05) is 0 Å². The molecule has 13 heteroatoms. The van der Waals surface area contributed by atoms with Gasteiger partial charge in [-0.25, -0.2) is 9.78 Å². The second-order valence-corrected chi connectivity index (χ2v) is 14.0. The smallest absolute Gasteiger partial charge is 0.408 e. The number of alkyl carbamates (subject to hydrolysis) is 1. The van der Waals surface area contributed by atoms with Crippen LogP contribution in [-0.4, -0.2) is 122 Å². The zero-order valence-corrected chi connectivity index (χ0v) is 28.8. The predicted octanol–water partition coefficient (Wildman–Crippen LogP) is 3.35. The number of nitrogens with zero attached hydrogens (tertiary/aromatic N) is 8. The van der Waals surface area contributed by atoms with Crippen LogP contribution in [-0.2, 0) is 14.2 Å². The number of amides is 1. The summed E-state index contributed by atoms with van der Waals surface area (Å²) in [5, 5.41) is 13.6. The molecular formula is C35H47N9O4. The molecule has 3 aliphatic heterocycles. The van der Waals surface area contributed by atoms with Crippen LogP contribution in [0, 0.1) is 18.3 Å². The third-order valence-corrected chi connectivity index (χ3v) is 9.08. The Kier molecular flexibility index (Phi) is 9.87. The van der Waals surface area contributed by atoms with Crippen molar-refractivity contribution in [2.75, 3.05) is 80.7 Å². The second kappa shape index (κ2) is 14.1. The molecule has 1 amide bonds. The number of aryl methyl sites for hydroxylation is 1. The molecule has 3 saturated heterocycles. The lowest BCUT2D eigenvalue weighted by Gasteiger charge is -2.42. The number of nitrogens with one attached hydrogen (secondary N) is 1. The topological polar surface area (TPSA) is 132 Å². The monoisotopic (exact) mass is 657 g/mol. The van der Waals surface area contributed by atoms with Gasteiger partial charge in [0.25, 0.3) is 0 Å². The minimum absolute atomic E-state index is 0.0571. The number of rotatable bonds is 7. The van der Waals surface area contributed by atoms with Crippen LogP contribution in [0.15, 0.2) is 36.5 Å². The molecule has 256 valence electrons. The second-order valence-electron chi connectivity index (χ2n) is 14.0. The van der Waals surface area contributed by atoms with E-state index in [1.165, 1.54) is 0 Å². The number of aromatic nitrogens is 3. The van der Waals surface area contributed by atoms with Gasteiger partial charge in [-0.15, -0.1) is 0 Å². The largest absolute Gasteiger partial charge is 0.444 e. The number of pyridine rings is 1. The van der Waals surface area contributed by atoms with Gasteiger partial charge in [0.15, 0.2) is 0 Å². The maximum atomic E-state index is 12.5. The molecule has 3 fully saturated rings. The molecule has 0 spiro atoms. The summed E-state index contributed by atoms with van der Waals surface area (Å²) in [6.07, 6.45) is 1.22. The first kappa shape index (κ1) is 33.6. The predicted molar refractivity (Wildman–Crippen MR) is 185 cm³/mol. The summed E-state index contributed by atoms with van der Waals surface area (Å²) in [6.45, 7) is 16.6. The summed E-state index contributed by atoms with van der Waals surface area (Å²) < 4.78 is 17.6. The van der Waals surface area contributed by atoms with E-state index >= 15 is 0 Å². The fraction of sp³-hybridized carbons (Fsp3) is 0.571. The average Bonchev–Trinajstić information content (AvgIpc) is 3.45. The van der Waals surface area contributed by atoms with Crippen molar-refractivity contribution < 1.29 is 19.0 Å². The lowest BCUT2D eigenvalue weighted by molar-refractivity contribution is -0.0327. The summed E-state index contributed by atoms with van der Waals surface area (Å²) in [7, 11) is 1.66. The Hall–Kier alpha value is -4.25. The number of methoxy groups -OCH3 is 1. The van der Waals surface area contributed by atoms with Crippen molar-refractivity contribution in [2.45, 2.75) is 64.6 Å². The normalized spacial score (nSPS) is 23.7. The lowest BCUT2D eigenvalue weighted by atomic mass is 10.1. The Balaban J connectivity index is 1.07. The first-order valence-corrected chi connectivity index (χ1v) is 16.8. The summed E-state index contributed by atoms with van der Waals surface area (Å²) >= 11 is 0. The highest BCUT2D eigenvalue weighted by Gasteiger charge is 2.37. The van der Waals surface area contributed by atoms with Crippen molar-refractivity contribution >= 4 is 34.4 Å². The average molecular weight is 658 g/mol. The first-order valence-electron chi connectivity index (χ1n) is 16.8. The lowest BCUT2D eigenvalue weighted by Crippen LogP contribution is -2.54. The van der Waals surface area contributed by atoms with Crippen LogP contribution in [0.3, 0.4) is 0 Å². The van der Waals surface area contributed by atoms with Gasteiger partial charge < -0.3 is 34.2 Å². The van der Waals surface area contributed by atoms with Crippen LogP contribution in [0.2, 0.25) is 0 Å². The van der Waals surface area contributed by atoms with Crippen LogP contribution in [0.25, 0.3) is 10.9 Å². The van der Waals surface area contributed by atoms with Gasteiger partial charge in [0.1, 0.15) is 17.5 Å². The number of hydrogen-bond acceptors (Lipinski definition) is 12. The van der Waals surface area contributed by atoms with E-state index in [9.17, 15) is 10.1 Å². The van der Waals surface area contributed by atoms with Crippen LogP contribution in [0.4, 0.5) is 22.2 Å². The van der Waals surface area contributed by atoms with E-state index in [0.717, 1.165) is 73.9 Å². The van der Waals surface area contributed by atoms with Crippen molar-refractivity contribution in [3.05, 3.63) is 47.8 Å². The highest BCUT2D eigenvalue weighted by Crippen LogP contribution is 2.31. The Morgan fingerprint density at radius 3 is 2.58 bits per heavy atom. The van der Waals surface area contributed by atoms with E-state index < -0.39 is 11.7 Å². The number of nitriles is 1. The SMILES string of the molecule is COC1CN(c2nc(C)cc(N3CCN(C[C@H]4CN(c5ccc(C#N)c6ncccc56)C[C@@H](C)O4)CC3)n2)C[C@@H]1NC(=O)OC(C)(C)C. The van der Waals surface area contributed by atoms with Crippen molar-refractivity contribution in [3.8, 4) is 6.07 Å². The first-order chi connectivity index (χ1) is 23.0. The van der Waals surface area contributed by atoms with Gasteiger partial charge in [0.05, 0.1) is 35.4 Å². The summed E-state index contributed by atoms with van der Waals surface area (Å²) in [4.78, 5) is 36.0. The number of benzene rings is 1. The van der Waals surface area contributed by atoms with Crippen molar-refractivity contribution in [1.82, 2.24) is 25.2 Å². The maximum Gasteiger partial charge on any atom is 0.408 e. The highest BCUT2D eigenvalue weighted by atomic mass is 16.6. The van der Waals surface area contributed by atoms with Gasteiger partial charge in [-0.2, -0.15) is 10.2 Å². The molecule has 2 aromatic heterocycles. The van der Waals surface area contributed by atoms with E-state index in [2.05, 4.69) is 42.9 Å². The molecule has 5 heterocycles. The number of carbonyl (C=O) groups is 1. The number of ether oxygens (including phenoxy) is 3. The van der Waals surface area contributed by atoms with Crippen molar-refractivity contribution in [1.29, 1.82) is 5.26 Å². The Bertz CT molecular complexity index is 1650. The maximum absolute atomic E-state index is 12.5. The molecule has 0 bridgehead atoms. The van der Waals surface area contributed by atoms with Gasteiger partial charge in [-0.3, -0.25) is 9.88 Å². The molecule has 3 aromatic rings. The van der Waals surface area contributed by atoms with Gasteiger partial charge in [-0.05, 0) is 58.9 Å². The highest BCUT2D eigenvalue weighted by molar-refractivity contribution is 5.95. The van der Waals surface area contributed by atoms with E-state index in [1.807, 2.05) is 58.0 Å². The molecule has 3 aliphatic rings. The van der Waals surface area contributed by atoms with Crippen LogP contribution in [0.1, 0.15) is 39.0 Å². The van der Waals surface area contributed by atoms with Crippen LogP contribution in [0.5, 0.6) is 0 Å². The molecular weight excluding hydrogens is 610 g/mol. The number of fused-ring (bicyclic) bond motifs is 1. The zero-order valence-electron chi connectivity index (χ0n) is 28.8. The minimum Gasteiger partial charge on any atom is -0.444 e. The molecule has 1 aromatic carbocycles. The van der Waals surface area contributed by atoms with Gasteiger partial charge >= 0.3 is 6.09 Å². The molecule has 0 saturated carbocycles. The third-order valence-electron chi connectivity index (χ3n) is 9.08. The van der Waals surface area contributed by atoms with Crippen LogP contribution < -0.4 is 20.0 Å². The van der Waals surface area contributed by atoms with Gasteiger partial charge in [0.2, 0.25) is 5.95 Å². The molecule has 1 unspecified atom stereocenters. The Labute approximate surface area is 282 Å². The fourth-order valence-corrected chi connectivity index (χ4v) is 6.93. The standard InChI is InChI=1S/C35H47N9O4/c1-23-16-31(40-33(38-23)44-21-28(30(22-44)46-6)39-34(45)48-35(3,4)5)42-14-12-41(13-15-42)19-26-20-43(18-24(2)47-26)29-10-9-25(17-36)32-27(29)8-7-11-37-32/h7-11,16,24,26,28,30H,12-15,18-22H2,1-6H3,(H,39,45)/t24-,26+,28+,30?/m1/s1. The molecule has 6 rings (SSSR count). The number of carbonyl (C=O) groups excluding carboxylic acids is 1. The molecule has 0 radical (unpaired) electrons. The quantitative estimate of drug-likeness (QED) is 0.400. The Morgan fingerprint density at radius 1 is 1.06 bits per heavy atom. The molecule has 1 N–H and O–H groups in total.